The molecule has 3 aromatic heterocycles. The molecule has 0 atom stereocenters. The summed E-state index contributed by atoms with van der Waals surface area (Å²) in [6.45, 7) is 0. The molecule has 9 aromatic rings. The minimum Gasteiger partial charge on any atom is -0.309 e. The van der Waals surface area contributed by atoms with Crippen LogP contribution in [0.4, 0.5) is 0 Å². The molecule has 226 valence electrons. The van der Waals surface area contributed by atoms with Crippen LogP contribution in [0.25, 0.3) is 65.7 Å². The summed E-state index contributed by atoms with van der Waals surface area (Å²) in [5, 5.41) is 8.78. The maximum Gasteiger partial charge on any atom is 0.172 e. The Kier molecular flexibility index (Phi) is 6.70. The number of hydrogen-bond acceptors (Lipinski definition) is 4. The standard InChI is InChI=1S/C43H28N3OP/c47-48(32-16-6-2-7-17-32,33-18-8-3-9-19-33)34-24-30(26-44-28-34)31-25-39-41(29-14-4-1-5-15-29)46-43-38-23-13-11-21-36(38)35-20-10-12-22-37(35)40(43)42(39)45-27-31/h1-28H. The van der Waals surface area contributed by atoms with Crippen molar-refractivity contribution in [1.82, 2.24) is 15.0 Å². The molecule has 0 radical (unpaired) electrons. The third-order valence-electron chi connectivity index (χ3n) is 9.22. The van der Waals surface area contributed by atoms with Crippen LogP contribution in [0, 0.1) is 0 Å². The highest BCUT2D eigenvalue weighted by Crippen LogP contribution is 2.44. The van der Waals surface area contributed by atoms with Gasteiger partial charge in [0.15, 0.2) is 7.14 Å². The highest BCUT2D eigenvalue weighted by atomic mass is 31.2. The van der Waals surface area contributed by atoms with E-state index in [1.807, 2.05) is 97.3 Å². The molecule has 0 saturated carbocycles. The Morgan fingerprint density at radius 1 is 0.417 bits per heavy atom. The zero-order chi connectivity index (χ0) is 32.1. The van der Waals surface area contributed by atoms with Gasteiger partial charge in [0.05, 0.1) is 16.7 Å². The van der Waals surface area contributed by atoms with E-state index in [0.29, 0.717) is 5.30 Å². The molecule has 9 rings (SSSR count). The summed E-state index contributed by atoms with van der Waals surface area (Å²) in [5.41, 5.74) is 5.45. The van der Waals surface area contributed by atoms with Gasteiger partial charge in [0, 0.05) is 67.4 Å². The molecular formula is C43H28N3OP. The smallest absolute Gasteiger partial charge is 0.172 e. The summed E-state index contributed by atoms with van der Waals surface area (Å²) in [6.07, 6.45) is 5.48. The van der Waals surface area contributed by atoms with Crippen LogP contribution in [0.3, 0.4) is 0 Å². The molecule has 4 nitrogen and oxygen atoms in total. The number of pyridine rings is 3. The molecule has 0 aliphatic carbocycles. The monoisotopic (exact) mass is 633 g/mol. The Morgan fingerprint density at radius 2 is 0.958 bits per heavy atom. The summed E-state index contributed by atoms with van der Waals surface area (Å²) in [6, 6.07) is 50.9. The van der Waals surface area contributed by atoms with E-state index >= 15 is 4.57 Å². The van der Waals surface area contributed by atoms with Gasteiger partial charge in [-0.2, -0.15) is 0 Å². The summed E-state index contributed by atoms with van der Waals surface area (Å²) >= 11 is 0. The number of aromatic nitrogens is 3. The Morgan fingerprint density at radius 3 is 1.62 bits per heavy atom. The number of hydrogen-bond donors (Lipinski definition) is 0. The van der Waals surface area contributed by atoms with Crippen LogP contribution in [-0.2, 0) is 4.57 Å². The van der Waals surface area contributed by atoms with Gasteiger partial charge in [-0.15, -0.1) is 0 Å². The van der Waals surface area contributed by atoms with Crippen molar-refractivity contribution >= 4 is 66.4 Å². The lowest BCUT2D eigenvalue weighted by Gasteiger charge is -2.20. The summed E-state index contributed by atoms with van der Waals surface area (Å²) in [7, 11) is -3.21. The van der Waals surface area contributed by atoms with Gasteiger partial charge in [0.1, 0.15) is 0 Å². The number of rotatable bonds is 5. The molecule has 0 aliphatic heterocycles. The van der Waals surface area contributed by atoms with Crippen LogP contribution in [0.15, 0.2) is 170 Å². The van der Waals surface area contributed by atoms with Crippen LogP contribution in [0.5, 0.6) is 0 Å². The van der Waals surface area contributed by atoms with Gasteiger partial charge in [0.25, 0.3) is 0 Å². The Hall–Kier alpha value is -5.96. The van der Waals surface area contributed by atoms with Gasteiger partial charge < -0.3 is 4.57 Å². The Balaban J connectivity index is 1.32. The molecule has 0 saturated heterocycles. The Labute approximate surface area is 277 Å². The van der Waals surface area contributed by atoms with Crippen LogP contribution in [0.1, 0.15) is 0 Å². The van der Waals surface area contributed by atoms with Crippen molar-refractivity contribution in [3.05, 3.63) is 170 Å². The predicted octanol–water partition coefficient (Wildman–Crippen LogP) is 9.46. The zero-order valence-corrected chi connectivity index (χ0v) is 26.8. The van der Waals surface area contributed by atoms with E-state index in [1.165, 1.54) is 10.8 Å². The van der Waals surface area contributed by atoms with Gasteiger partial charge in [-0.1, -0.05) is 140 Å². The van der Waals surface area contributed by atoms with Crippen molar-refractivity contribution < 1.29 is 4.57 Å². The van der Waals surface area contributed by atoms with Gasteiger partial charge in [-0.3, -0.25) is 9.97 Å². The van der Waals surface area contributed by atoms with E-state index in [4.69, 9.17) is 9.97 Å². The Bertz CT molecular complexity index is 2650. The minimum atomic E-state index is -3.21. The lowest BCUT2D eigenvalue weighted by molar-refractivity contribution is 0.592. The van der Waals surface area contributed by atoms with Crippen LogP contribution >= 0.6 is 7.14 Å². The van der Waals surface area contributed by atoms with Gasteiger partial charge >= 0.3 is 0 Å². The van der Waals surface area contributed by atoms with Crippen molar-refractivity contribution in [2.24, 2.45) is 0 Å². The normalized spacial score (nSPS) is 11.8. The van der Waals surface area contributed by atoms with Gasteiger partial charge in [-0.25, -0.2) is 4.98 Å². The molecule has 0 fully saturated rings. The first-order valence-electron chi connectivity index (χ1n) is 16.0. The fourth-order valence-electron chi connectivity index (χ4n) is 6.95. The number of nitrogens with zero attached hydrogens (tertiary/aromatic N) is 3. The largest absolute Gasteiger partial charge is 0.309 e. The van der Waals surface area contributed by atoms with Crippen molar-refractivity contribution in [1.29, 1.82) is 0 Å². The summed E-state index contributed by atoms with van der Waals surface area (Å²) in [4.78, 5) is 15.3. The maximum atomic E-state index is 15.2. The second-order valence-electron chi connectivity index (χ2n) is 12.0. The first kappa shape index (κ1) is 28.3. The molecule has 0 amide bonds. The molecule has 0 bridgehead atoms. The minimum absolute atomic E-state index is 0.676. The topological polar surface area (TPSA) is 55.7 Å². The van der Waals surface area contributed by atoms with Crippen LogP contribution in [0.2, 0.25) is 0 Å². The van der Waals surface area contributed by atoms with Crippen LogP contribution in [-0.4, -0.2) is 15.0 Å². The average molecular weight is 634 g/mol. The average Bonchev–Trinajstić information content (AvgIpc) is 3.18. The van der Waals surface area contributed by atoms with E-state index < -0.39 is 7.14 Å². The molecule has 0 N–H and O–H groups in total. The van der Waals surface area contributed by atoms with Crippen molar-refractivity contribution in [2.45, 2.75) is 0 Å². The molecule has 5 heteroatoms. The third kappa shape index (κ3) is 4.45. The third-order valence-corrected chi connectivity index (χ3v) is 12.2. The first-order valence-corrected chi connectivity index (χ1v) is 17.7. The zero-order valence-electron chi connectivity index (χ0n) is 25.9. The van der Waals surface area contributed by atoms with E-state index in [-0.39, 0.29) is 0 Å². The fraction of sp³-hybridized carbons (Fsp3) is 0. The molecule has 6 aromatic carbocycles. The molecule has 0 spiro atoms. The van der Waals surface area contributed by atoms with E-state index in [0.717, 1.165) is 65.6 Å². The predicted molar refractivity (Wildman–Crippen MR) is 200 cm³/mol. The molecular weight excluding hydrogens is 605 g/mol. The lowest BCUT2D eigenvalue weighted by atomic mass is 9.93. The highest BCUT2D eigenvalue weighted by molar-refractivity contribution is 7.85. The molecule has 0 unspecified atom stereocenters. The summed E-state index contributed by atoms with van der Waals surface area (Å²) < 4.78 is 15.2. The van der Waals surface area contributed by atoms with Gasteiger partial charge in [-0.05, 0) is 28.3 Å². The second kappa shape index (κ2) is 11.4. The molecule has 3 heterocycles. The maximum absolute atomic E-state index is 15.2. The van der Waals surface area contributed by atoms with Crippen LogP contribution < -0.4 is 15.9 Å². The van der Waals surface area contributed by atoms with Crippen molar-refractivity contribution in [2.75, 3.05) is 0 Å². The van der Waals surface area contributed by atoms with Crippen molar-refractivity contribution in [3.8, 4) is 22.4 Å². The van der Waals surface area contributed by atoms with Gasteiger partial charge in [0.2, 0.25) is 0 Å². The van der Waals surface area contributed by atoms with E-state index in [1.54, 1.807) is 6.20 Å². The second-order valence-corrected chi connectivity index (χ2v) is 14.7. The fourth-order valence-corrected chi connectivity index (χ4v) is 9.58. The first-order chi connectivity index (χ1) is 23.7. The summed E-state index contributed by atoms with van der Waals surface area (Å²) in [5.74, 6) is 0. The lowest BCUT2D eigenvalue weighted by Crippen LogP contribution is -2.25. The van der Waals surface area contributed by atoms with E-state index in [2.05, 4.69) is 71.7 Å². The quantitative estimate of drug-likeness (QED) is 0.140. The number of fused-ring (bicyclic) bond motifs is 8. The van der Waals surface area contributed by atoms with Crippen molar-refractivity contribution in [3.63, 3.8) is 0 Å². The van der Waals surface area contributed by atoms with E-state index in [9.17, 15) is 0 Å². The number of benzene rings is 6. The molecule has 0 aliphatic rings. The molecule has 48 heavy (non-hydrogen) atoms. The highest BCUT2D eigenvalue weighted by Gasteiger charge is 2.30. The SMILES string of the molecule is O=P(c1ccccc1)(c1ccccc1)c1cncc(-c2cnc3c(c2)c(-c2ccccc2)nc2c4ccccc4c4ccccc4c32)c1.